The van der Waals surface area contributed by atoms with E-state index in [-0.39, 0.29) is 11.8 Å². The van der Waals surface area contributed by atoms with Crippen LogP contribution < -0.4 is 10.2 Å². The Balaban J connectivity index is 1.34. The zero-order valence-corrected chi connectivity index (χ0v) is 17.2. The molecule has 3 aromatic rings. The summed E-state index contributed by atoms with van der Waals surface area (Å²) in [6, 6.07) is 18.4. The first kappa shape index (κ1) is 19.5. The summed E-state index contributed by atoms with van der Waals surface area (Å²) >= 11 is 7.35. The molecule has 7 heteroatoms. The smallest absolute Gasteiger partial charge is 0.265 e. The van der Waals surface area contributed by atoms with E-state index in [0.717, 1.165) is 23.8 Å². The van der Waals surface area contributed by atoms with Crippen LogP contribution in [0.15, 0.2) is 66.0 Å². The number of benzene rings is 2. The van der Waals surface area contributed by atoms with E-state index < -0.39 is 0 Å². The van der Waals surface area contributed by atoms with Gasteiger partial charge in [0.25, 0.3) is 11.8 Å². The highest BCUT2D eigenvalue weighted by Crippen LogP contribution is 2.21. The molecule has 0 radical (unpaired) electrons. The van der Waals surface area contributed by atoms with Gasteiger partial charge in [0.15, 0.2) is 0 Å². The molecule has 0 atom stereocenters. The summed E-state index contributed by atoms with van der Waals surface area (Å²) < 4.78 is 0. The van der Waals surface area contributed by atoms with Gasteiger partial charge in [-0.1, -0.05) is 17.7 Å². The van der Waals surface area contributed by atoms with Gasteiger partial charge in [-0.05, 0) is 60.0 Å². The number of carbonyl (C=O) groups is 2. The zero-order valence-electron chi connectivity index (χ0n) is 15.7. The van der Waals surface area contributed by atoms with E-state index in [9.17, 15) is 9.59 Å². The maximum Gasteiger partial charge on any atom is 0.265 e. The van der Waals surface area contributed by atoms with Crippen LogP contribution in [0.4, 0.5) is 11.4 Å². The standard InChI is InChI=1S/C22H20ClN3O2S/c23-17-5-9-19(10-6-17)25-11-13-26(14-12-25)22(28)16-3-7-18(8-4-16)24-21(27)20-2-1-15-29-20/h1-10,15H,11-14H2,(H,24,27). The molecule has 0 bridgehead atoms. The summed E-state index contributed by atoms with van der Waals surface area (Å²) in [6.07, 6.45) is 0. The third kappa shape index (κ3) is 4.60. The fraction of sp³-hybridized carbons (Fsp3) is 0.182. The molecule has 1 aliphatic rings. The largest absolute Gasteiger partial charge is 0.368 e. The normalized spacial score (nSPS) is 14.0. The molecule has 0 unspecified atom stereocenters. The molecule has 2 heterocycles. The number of nitrogens with zero attached hydrogens (tertiary/aromatic N) is 2. The molecule has 2 amide bonds. The Morgan fingerprint density at radius 1 is 0.897 bits per heavy atom. The van der Waals surface area contributed by atoms with Gasteiger partial charge >= 0.3 is 0 Å². The lowest BCUT2D eigenvalue weighted by Crippen LogP contribution is -2.48. The number of thiophene rings is 1. The number of carbonyl (C=O) groups excluding carboxylic acids is 2. The van der Waals surface area contributed by atoms with Crippen molar-refractivity contribution in [2.45, 2.75) is 0 Å². The lowest BCUT2D eigenvalue weighted by Gasteiger charge is -2.36. The Morgan fingerprint density at radius 3 is 2.21 bits per heavy atom. The average Bonchev–Trinajstić information content (AvgIpc) is 3.30. The van der Waals surface area contributed by atoms with E-state index in [0.29, 0.717) is 29.2 Å². The average molecular weight is 426 g/mol. The molecular weight excluding hydrogens is 406 g/mol. The van der Waals surface area contributed by atoms with Crippen molar-refractivity contribution < 1.29 is 9.59 Å². The number of anilines is 2. The quantitative estimate of drug-likeness (QED) is 0.663. The van der Waals surface area contributed by atoms with E-state index in [1.54, 1.807) is 30.3 Å². The Bertz CT molecular complexity index is 980. The van der Waals surface area contributed by atoms with Crippen LogP contribution in [0.1, 0.15) is 20.0 Å². The highest BCUT2D eigenvalue weighted by atomic mass is 35.5. The predicted molar refractivity (Wildman–Crippen MR) is 118 cm³/mol. The Labute approximate surface area is 178 Å². The Morgan fingerprint density at radius 2 is 1.59 bits per heavy atom. The fourth-order valence-corrected chi connectivity index (χ4v) is 4.04. The number of amides is 2. The van der Waals surface area contributed by atoms with Crippen LogP contribution in [0.5, 0.6) is 0 Å². The topological polar surface area (TPSA) is 52.7 Å². The zero-order chi connectivity index (χ0) is 20.2. The number of piperazine rings is 1. The highest BCUT2D eigenvalue weighted by Gasteiger charge is 2.22. The van der Waals surface area contributed by atoms with Gasteiger partial charge in [-0.2, -0.15) is 0 Å². The molecule has 29 heavy (non-hydrogen) atoms. The van der Waals surface area contributed by atoms with Gasteiger partial charge in [0.2, 0.25) is 0 Å². The minimum Gasteiger partial charge on any atom is -0.368 e. The summed E-state index contributed by atoms with van der Waals surface area (Å²) in [6.45, 7) is 2.89. The van der Waals surface area contributed by atoms with Crippen molar-refractivity contribution in [1.82, 2.24) is 4.90 Å². The molecule has 0 aliphatic carbocycles. The molecule has 1 fully saturated rings. The van der Waals surface area contributed by atoms with Gasteiger partial charge in [-0.3, -0.25) is 9.59 Å². The lowest BCUT2D eigenvalue weighted by molar-refractivity contribution is 0.0746. The molecule has 1 aliphatic heterocycles. The van der Waals surface area contributed by atoms with Crippen LogP contribution in [-0.2, 0) is 0 Å². The van der Waals surface area contributed by atoms with Crippen molar-refractivity contribution in [2.75, 3.05) is 36.4 Å². The van der Waals surface area contributed by atoms with Gasteiger partial charge in [0.05, 0.1) is 4.88 Å². The molecule has 4 rings (SSSR count). The second-order valence-electron chi connectivity index (χ2n) is 6.76. The maximum absolute atomic E-state index is 12.8. The third-order valence-corrected chi connectivity index (χ3v) is 6.01. The first-order chi connectivity index (χ1) is 14.1. The summed E-state index contributed by atoms with van der Waals surface area (Å²) in [5.74, 6) is -0.130. The molecule has 0 spiro atoms. The molecule has 5 nitrogen and oxygen atoms in total. The first-order valence-electron chi connectivity index (χ1n) is 9.35. The Kier molecular flexibility index (Phi) is 5.83. The number of halogens is 1. The SMILES string of the molecule is O=C(Nc1ccc(C(=O)N2CCN(c3ccc(Cl)cc3)CC2)cc1)c1cccs1. The van der Waals surface area contributed by atoms with E-state index in [1.807, 2.05) is 40.6 Å². The fourth-order valence-electron chi connectivity index (χ4n) is 3.30. The molecule has 1 aromatic heterocycles. The van der Waals surface area contributed by atoms with Crippen LogP contribution >= 0.6 is 22.9 Å². The van der Waals surface area contributed by atoms with Crippen LogP contribution in [-0.4, -0.2) is 42.9 Å². The van der Waals surface area contributed by atoms with Gasteiger partial charge < -0.3 is 15.1 Å². The third-order valence-electron chi connectivity index (χ3n) is 4.89. The summed E-state index contributed by atoms with van der Waals surface area (Å²) in [7, 11) is 0. The summed E-state index contributed by atoms with van der Waals surface area (Å²) in [5.41, 5.74) is 2.42. The van der Waals surface area contributed by atoms with Crippen molar-refractivity contribution in [3.63, 3.8) is 0 Å². The van der Waals surface area contributed by atoms with Crippen molar-refractivity contribution >= 4 is 46.1 Å². The second kappa shape index (κ2) is 8.68. The Hall–Kier alpha value is -2.83. The van der Waals surface area contributed by atoms with Gasteiger partial charge in [-0.25, -0.2) is 0 Å². The molecule has 1 saturated heterocycles. The number of rotatable bonds is 4. The van der Waals surface area contributed by atoms with Crippen LogP contribution in [0.3, 0.4) is 0 Å². The van der Waals surface area contributed by atoms with Crippen LogP contribution in [0.25, 0.3) is 0 Å². The predicted octanol–water partition coefficient (Wildman–Crippen LogP) is 4.62. The molecule has 0 saturated carbocycles. The molecular formula is C22H20ClN3O2S. The maximum atomic E-state index is 12.8. The van der Waals surface area contributed by atoms with Crippen molar-refractivity contribution in [2.24, 2.45) is 0 Å². The lowest BCUT2D eigenvalue weighted by atomic mass is 10.1. The van der Waals surface area contributed by atoms with Crippen LogP contribution in [0, 0.1) is 0 Å². The van der Waals surface area contributed by atoms with Gasteiger partial charge in [0.1, 0.15) is 0 Å². The van der Waals surface area contributed by atoms with E-state index in [1.165, 1.54) is 11.3 Å². The minimum absolute atomic E-state index is 0.0110. The first-order valence-corrected chi connectivity index (χ1v) is 10.6. The van der Waals surface area contributed by atoms with Crippen molar-refractivity contribution in [3.8, 4) is 0 Å². The monoisotopic (exact) mass is 425 g/mol. The molecule has 2 aromatic carbocycles. The van der Waals surface area contributed by atoms with Crippen LogP contribution in [0.2, 0.25) is 5.02 Å². The van der Waals surface area contributed by atoms with E-state index in [2.05, 4.69) is 10.2 Å². The number of nitrogens with one attached hydrogen (secondary N) is 1. The van der Waals surface area contributed by atoms with E-state index >= 15 is 0 Å². The second-order valence-corrected chi connectivity index (χ2v) is 8.15. The van der Waals surface area contributed by atoms with Crippen molar-refractivity contribution in [1.29, 1.82) is 0 Å². The molecule has 1 N–H and O–H groups in total. The van der Waals surface area contributed by atoms with Crippen molar-refractivity contribution in [3.05, 3.63) is 81.5 Å². The number of hydrogen-bond donors (Lipinski definition) is 1. The van der Waals surface area contributed by atoms with Gasteiger partial charge in [0, 0.05) is 48.1 Å². The van der Waals surface area contributed by atoms with Gasteiger partial charge in [-0.15, -0.1) is 11.3 Å². The minimum atomic E-state index is -0.141. The molecule has 148 valence electrons. The number of hydrogen-bond acceptors (Lipinski definition) is 4. The summed E-state index contributed by atoms with van der Waals surface area (Å²) in [5, 5.41) is 5.43. The van der Waals surface area contributed by atoms with E-state index in [4.69, 9.17) is 11.6 Å². The highest BCUT2D eigenvalue weighted by molar-refractivity contribution is 7.12. The summed E-state index contributed by atoms with van der Waals surface area (Å²) in [4.78, 5) is 29.7.